The van der Waals surface area contributed by atoms with Gasteiger partial charge in [0.05, 0.1) is 12.5 Å². The van der Waals surface area contributed by atoms with Gasteiger partial charge in [0.1, 0.15) is 5.75 Å². The number of rotatable bonds is 8. The van der Waals surface area contributed by atoms with Gasteiger partial charge in [-0.1, -0.05) is 19.1 Å². The molecule has 0 bridgehead atoms. The molecule has 2 fully saturated rings. The molecular formula is C20H30N2O2. The number of likely N-dealkylation sites (tertiary alicyclic amines) is 1. The number of ether oxygens (including phenoxy) is 1. The quantitative estimate of drug-likeness (QED) is 0.796. The molecule has 1 saturated heterocycles. The zero-order valence-electron chi connectivity index (χ0n) is 14.8. The minimum absolute atomic E-state index is 0.157. The first-order valence-electron chi connectivity index (χ1n) is 9.46. The summed E-state index contributed by atoms with van der Waals surface area (Å²) in [6.45, 7) is 6.64. The largest absolute Gasteiger partial charge is 0.494 e. The lowest BCUT2D eigenvalue weighted by Gasteiger charge is -2.32. The van der Waals surface area contributed by atoms with Crippen LogP contribution in [0.5, 0.6) is 5.75 Å². The molecule has 24 heavy (non-hydrogen) atoms. The Kier molecular flexibility index (Phi) is 6.13. The van der Waals surface area contributed by atoms with E-state index in [-0.39, 0.29) is 11.8 Å². The number of benzene rings is 1. The third kappa shape index (κ3) is 5.23. The maximum Gasteiger partial charge on any atom is 0.224 e. The summed E-state index contributed by atoms with van der Waals surface area (Å²) in [7, 11) is 0. The second-order valence-corrected chi connectivity index (χ2v) is 7.26. The number of hydrogen-bond acceptors (Lipinski definition) is 3. The van der Waals surface area contributed by atoms with Crippen molar-refractivity contribution in [2.24, 2.45) is 11.8 Å². The Hall–Kier alpha value is -1.55. The highest BCUT2D eigenvalue weighted by Crippen LogP contribution is 2.28. The van der Waals surface area contributed by atoms with Crippen LogP contribution in [0.25, 0.3) is 0 Å². The molecule has 3 rings (SSSR count). The van der Waals surface area contributed by atoms with Gasteiger partial charge < -0.3 is 10.1 Å². The van der Waals surface area contributed by atoms with Crippen LogP contribution in [0, 0.1) is 11.8 Å². The lowest BCUT2D eigenvalue weighted by atomic mass is 9.96. The highest BCUT2D eigenvalue weighted by molar-refractivity contribution is 5.79. The first kappa shape index (κ1) is 17.3. The van der Waals surface area contributed by atoms with Crippen LogP contribution >= 0.6 is 0 Å². The second-order valence-electron chi connectivity index (χ2n) is 7.26. The molecule has 1 aromatic rings. The Bertz CT molecular complexity index is 525. The zero-order valence-corrected chi connectivity index (χ0v) is 14.8. The summed E-state index contributed by atoms with van der Waals surface area (Å²) in [5, 5.41) is 3.14. The van der Waals surface area contributed by atoms with Gasteiger partial charge in [0, 0.05) is 19.6 Å². The van der Waals surface area contributed by atoms with E-state index in [4.69, 9.17) is 4.74 Å². The maximum atomic E-state index is 12.3. The molecule has 4 nitrogen and oxygen atoms in total. The summed E-state index contributed by atoms with van der Waals surface area (Å²) in [6, 6.07) is 8.38. The Labute approximate surface area is 145 Å². The summed E-state index contributed by atoms with van der Waals surface area (Å²) in [5.74, 6) is 2.11. The van der Waals surface area contributed by atoms with Crippen LogP contribution in [0.3, 0.4) is 0 Å². The fourth-order valence-electron chi connectivity index (χ4n) is 3.29. The van der Waals surface area contributed by atoms with Crippen molar-refractivity contribution >= 4 is 5.91 Å². The molecule has 2 aliphatic rings. The fourth-order valence-corrected chi connectivity index (χ4v) is 3.29. The maximum absolute atomic E-state index is 12.3. The van der Waals surface area contributed by atoms with Crippen molar-refractivity contribution in [2.75, 3.05) is 26.2 Å². The van der Waals surface area contributed by atoms with Crippen molar-refractivity contribution in [1.82, 2.24) is 10.2 Å². The Balaban J connectivity index is 1.46. The zero-order chi connectivity index (χ0) is 16.8. The van der Waals surface area contributed by atoms with Gasteiger partial charge in [-0.25, -0.2) is 0 Å². The summed E-state index contributed by atoms with van der Waals surface area (Å²) in [4.78, 5) is 14.7. The number of nitrogens with one attached hydrogen (secondary N) is 1. The highest BCUT2D eigenvalue weighted by Gasteiger charge is 2.27. The van der Waals surface area contributed by atoms with Gasteiger partial charge in [-0.05, 0) is 62.3 Å². The van der Waals surface area contributed by atoms with E-state index in [9.17, 15) is 4.79 Å². The smallest absolute Gasteiger partial charge is 0.224 e. The van der Waals surface area contributed by atoms with Crippen molar-refractivity contribution in [3.63, 3.8) is 0 Å². The van der Waals surface area contributed by atoms with E-state index in [0.29, 0.717) is 0 Å². The van der Waals surface area contributed by atoms with Gasteiger partial charge in [-0.2, -0.15) is 0 Å². The standard InChI is InChI=1S/C20H30N2O2/c1-2-12-24-19-9-7-17(8-10-19)14-22-11-3-4-18(15-22)20(23)21-13-16-5-6-16/h7-10,16,18H,2-6,11-15H2,1H3,(H,21,23)/t18-/m1/s1. The van der Waals surface area contributed by atoms with E-state index in [1.165, 1.54) is 18.4 Å². The molecule has 1 heterocycles. The van der Waals surface area contributed by atoms with Crippen LogP contribution in [0.4, 0.5) is 0 Å². The average Bonchev–Trinajstić information content (AvgIpc) is 3.44. The topological polar surface area (TPSA) is 41.6 Å². The lowest BCUT2D eigenvalue weighted by Crippen LogP contribution is -2.43. The fraction of sp³-hybridized carbons (Fsp3) is 0.650. The number of carbonyl (C=O) groups excluding carboxylic acids is 1. The van der Waals surface area contributed by atoms with E-state index in [1.54, 1.807) is 0 Å². The van der Waals surface area contributed by atoms with Gasteiger partial charge in [-0.3, -0.25) is 9.69 Å². The number of hydrogen-bond donors (Lipinski definition) is 1. The van der Waals surface area contributed by atoms with Crippen LogP contribution in [0.15, 0.2) is 24.3 Å². The summed E-state index contributed by atoms with van der Waals surface area (Å²) >= 11 is 0. The summed E-state index contributed by atoms with van der Waals surface area (Å²) < 4.78 is 5.63. The SMILES string of the molecule is CCCOc1ccc(CN2CCC[C@@H](C(=O)NCC3CC3)C2)cc1. The summed E-state index contributed by atoms with van der Waals surface area (Å²) in [6.07, 6.45) is 5.74. The van der Waals surface area contributed by atoms with E-state index >= 15 is 0 Å². The molecule has 0 unspecified atom stereocenters. The number of amides is 1. The van der Waals surface area contributed by atoms with Crippen LogP contribution in [-0.4, -0.2) is 37.0 Å². The summed E-state index contributed by atoms with van der Waals surface area (Å²) in [5.41, 5.74) is 1.29. The molecule has 0 spiro atoms. The highest BCUT2D eigenvalue weighted by atomic mass is 16.5. The van der Waals surface area contributed by atoms with E-state index in [1.807, 2.05) is 0 Å². The average molecular weight is 330 g/mol. The van der Waals surface area contributed by atoms with Crippen LogP contribution in [0.2, 0.25) is 0 Å². The number of carbonyl (C=O) groups is 1. The minimum Gasteiger partial charge on any atom is -0.494 e. The Morgan fingerprint density at radius 1 is 1.25 bits per heavy atom. The van der Waals surface area contributed by atoms with E-state index in [0.717, 1.165) is 63.7 Å². The third-order valence-corrected chi connectivity index (χ3v) is 4.94. The molecule has 1 amide bonds. The van der Waals surface area contributed by atoms with Crippen LogP contribution in [0.1, 0.15) is 44.6 Å². The molecule has 0 radical (unpaired) electrons. The predicted octanol–water partition coefficient (Wildman–Crippen LogP) is 3.21. The molecule has 132 valence electrons. The van der Waals surface area contributed by atoms with Crippen molar-refractivity contribution in [2.45, 2.75) is 45.6 Å². The van der Waals surface area contributed by atoms with Crippen molar-refractivity contribution in [3.05, 3.63) is 29.8 Å². The molecule has 1 atom stereocenters. The molecule has 4 heteroatoms. The van der Waals surface area contributed by atoms with E-state index < -0.39 is 0 Å². The molecule has 1 N–H and O–H groups in total. The first-order chi connectivity index (χ1) is 11.7. The van der Waals surface area contributed by atoms with Crippen molar-refractivity contribution < 1.29 is 9.53 Å². The molecule has 1 aliphatic carbocycles. The van der Waals surface area contributed by atoms with Gasteiger partial charge >= 0.3 is 0 Å². The van der Waals surface area contributed by atoms with Gasteiger partial charge in [0.2, 0.25) is 5.91 Å². The second kappa shape index (κ2) is 8.52. The normalized spacial score (nSPS) is 21.5. The molecule has 1 saturated carbocycles. The molecular weight excluding hydrogens is 300 g/mol. The number of piperidine rings is 1. The third-order valence-electron chi connectivity index (χ3n) is 4.94. The Morgan fingerprint density at radius 2 is 2.04 bits per heavy atom. The monoisotopic (exact) mass is 330 g/mol. The van der Waals surface area contributed by atoms with Crippen LogP contribution in [-0.2, 0) is 11.3 Å². The van der Waals surface area contributed by atoms with Gasteiger partial charge in [0.25, 0.3) is 0 Å². The number of nitrogens with zero attached hydrogens (tertiary/aromatic N) is 1. The van der Waals surface area contributed by atoms with Gasteiger partial charge in [0.15, 0.2) is 0 Å². The van der Waals surface area contributed by atoms with Crippen molar-refractivity contribution in [3.8, 4) is 5.75 Å². The predicted molar refractivity (Wildman–Crippen MR) is 96.0 cm³/mol. The van der Waals surface area contributed by atoms with E-state index in [2.05, 4.69) is 41.4 Å². The van der Waals surface area contributed by atoms with Gasteiger partial charge in [-0.15, -0.1) is 0 Å². The van der Waals surface area contributed by atoms with Crippen LogP contribution < -0.4 is 10.1 Å². The van der Waals surface area contributed by atoms with Crippen molar-refractivity contribution in [1.29, 1.82) is 0 Å². The first-order valence-corrected chi connectivity index (χ1v) is 9.46. The molecule has 0 aromatic heterocycles. The Morgan fingerprint density at radius 3 is 2.75 bits per heavy atom. The molecule has 1 aromatic carbocycles. The lowest BCUT2D eigenvalue weighted by molar-refractivity contribution is -0.126. The molecule has 1 aliphatic heterocycles. The minimum atomic E-state index is 0.157.